The van der Waals surface area contributed by atoms with Gasteiger partial charge in [-0.1, -0.05) is 62.7 Å². The number of nitrogens with one attached hydrogen (secondary N) is 1. The van der Waals surface area contributed by atoms with Crippen molar-refractivity contribution in [2.45, 2.75) is 45.5 Å². The number of nitrogens with zero attached hydrogens (tertiary/aromatic N) is 1. The van der Waals surface area contributed by atoms with E-state index in [1.54, 1.807) is 35.2 Å². The lowest BCUT2D eigenvalue weighted by atomic mass is 10.1. The molecule has 1 N–H and O–H groups in total. The fraction of sp³-hybridized carbons (Fsp3) is 0.417. The maximum atomic E-state index is 13.9. The Kier molecular flexibility index (Phi) is 10.3. The first-order chi connectivity index (χ1) is 14.8. The topological polar surface area (TPSA) is 49.4 Å². The van der Waals surface area contributed by atoms with Crippen molar-refractivity contribution in [2.24, 2.45) is 5.92 Å². The SMILES string of the molecule is CC[C@H](C(=O)NCC(C)C)N(Cc1ccc(Cl)cc1)C(=O)CSCc1ccccc1F. The minimum Gasteiger partial charge on any atom is -0.354 e. The molecule has 0 radical (unpaired) electrons. The van der Waals surface area contributed by atoms with E-state index in [0.29, 0.717) is 41.8 Å². The second kappa shape index (κ2) is 12.7. The molecule has 0 aliphatic heterocycles. The summed E-state index contributed by atoms with van der Waals surface area (Å²) in [5.41, 5.74) is 1.46. The van der Waals surface area contributed by atoms with E-state index in [2.05, 4.69) is 5.32 Å². The highest BCUT2D eigenvalue weighted by molar-refractivity contribution is 7.99. The van der Waals surface area contributed by atoms with E-state index >= 15 is 0 Å². The van der Waals surface area contributed by atoms with Crippen LogP contribution in [-0.2, 0) is 21.9 Å². The van der Waals surface area contributed by atoms with Crippen LogP contribution in [-0.4, -0.2) is 35.1 Å². The number of hydrogen-bond donors (Lipinski definition) is 1. The van der Waals surface area contributed by atoms with E-state index in [1.165, 1.54) is 17.8 Å². The normalized spacial score (nSPS) is 11.9. The molecule has 2 aromatic carbocycles. The Labute approximate surface area is 193 Å². The molecule has 0 aliphatic carbocycles. The third-order valence-electron chi connectivity index (χ3n) is 4.78. The molecule has 0 aliphatic rings. The standard InChI is InChI=1S/C24H30ClFN2O2S/c1-4-22(24(30)27-13-17(2)3)28(14-18-9-11-20(25)12-10-18)23(29)16-31-15-19-7-5-6-8-21(19)26/h5-12,17,22H,4,13-16H2,1-3H3,(H,27,30)/t22-/m1/s1. The number of halogens is 2. The maximum Gasteiger partial charge on any atom is 0.242 e. The number of hydrogen-bond acceptors (Lipinski definition) is 3. The van der Waals surface area contributed by atoms with Crippen molar-refractivity contribution in [3.8, 4) is 0 Å². The average molecular weight is 465 g/mol. The molecule has 168 valence electrons. The summed E-state index contributed by atoms with van der Waals surface area (Å²) in [7, 11) is 0. The van der Waals surface area contributed by atoms with Crippen molar-refractivity contribution in [1.82, 2.24) is 10.2 Å². The first-order valence-corrected chi connectivity index (χ1v) is 12.0. The van der Waals surface area contributed by atoms with Crippen molar-refractivity contribution >= 4 is 35.2 Å². The highest BCUT2D eigenvalue weighted by Crippen LogP contribution is 2.19. The van der Waals surface area contributed by atoms with Gasteiger partial charge in [0.25, 0.3) is 0 Å². The van der Waals surface area contributed by atoms with Gasteiger partial charge in [-0.15, -0.1) is 11.8 Å². The number of carbonyl (C=O) groups excluding carboxylic acids is 2. The van der Waals surface area contributed by atoms with Gasteiger partial charge in [-0.25, -0.2) is 4.39 Å². The van der Waals surface area contributed by atoms with Gasteiger partial charge >= 0.3 is 0 Å². The minimum absolute atomic E-state index is 0.150. The highest BCUT2D eigenvalue weighted by atomic mass is 35.5. The van der Waals surface area contributed by atoms with Crippen LogP contribution in [0.25, 0.3) is 0 Å². The lowest BCUT2D eigenvalue weighted by molar-refractivity contribution is -0.139. The van der Waals surface area contributed by atoms with Crippen LogP contribution >= 0.6 is 23.4 Å². The van der Waals surface area contributed by atoms with Crippen LogP contribution in [0.4, 0.5) is 4.39 Å². The van der Waals surface area contributed by atoms with Gasteiger partial charge in [-0.3, -0.25) is 9.59 Å². The molecule has 0 heterocycles. The Morgan fingerprint density at radius 3 is 2.42 bits per heavy atom. The smallest absolute Gasteiger partial charge is 0.242 e. The second-order valence-corrected chi connectivity index (χ2v) is 9.22. The van der Waals surface area contributed by atoms with E-state index in [1.807, 2.05) is 32.9 Å². The zero-order chi connectivity index (χ0) is 22.8. The summed E-state index contributed by atoms with van der Waals surface area (Å²) < 4.78 is 13.9. The van der Waals surface area contributed by atoms with Gasteiger partial charge in [0.05, 0.1) is 5.75 Å². The van der Waals surface area contributed by atoms with E-state index in [-0.39, 0.29) is 23.4 Å². The summed E-state index contributed by atoms with van der Waals surface area (Å²) in [4.78, 5) is 27.6. The molecule has 0 fully saturated rings. The summed E-state index contributed by atoms with van der Waals surface area (Å²) in [5, 5.41) is 3.56. The van der Waals surface area contributed by atoms with E-state index in [0.717, 1.165) is 5.56 Å². The fourth-order valence-corrected chi connectivity index (χ4v) is 4.10. The van der Waals surface area contributed by atoms with Crippen LogP contribution in [0.5, 0.6) is 0 Å². The largest absolute Gasteiger partial charge is 0.354 e. The Morgan fingerprint density at radius 1 is 1.13 bits per heavy atom. The first kappa shape index (κ1) is 25.2. The zero-order valence-electron chi connectivity index (χ0n) is 18.2. The Bertz CT molecular complexity index is 861. The number of benzene rings is 2. The van der Waals surface area contributed by atoms with Crippen LogP contribution in [0, 0.1) is 11.7 Å². The number of rotatable bonds is 11. The Balaban J connectivity index is 2.12. The van der Waals surface area contributed by atoms with Crippen LogP contribution in [0.2, 0.25) is 5.02 Å². The number of thioether (sulfide) groups is 1. The summed E-state index contributed by atoms with van der Waals surface area (Å²) in [6, 6.07) is 13.2. The maximum absolute atomic E-state index is 13.9. The Morgan fingerprint density at radius 2 is 1.81 bits per heavy atom. The first-order valence-electron chi connectivity index (χ1n) is 10.4. The van der Waals surface area contributed by atoms with Crippen LogP contribution in [0.3, 0.4) is 0 Å². The fourth-order valence-electron chi connectivity index (χ4n) is 3.08. The lowest BCUT2D eigenvalue weighted by Gasteiger charge is -2.31. The van der Waals surface area contributed by atoms with Gasteiger partial charge in [0.15, 0.2) is 0 Å². The van der Waals surface area contributed by atoms with E-state index in [4.69, 9.17) is 11.6 Å². The molecular weight excluding hydrogens is 435 g/mol. The molecule has 0 saturated carbocycles. The van der Waals surface area contributed by atoms with Crippen molar-refractivity contribution in [3.63, 3.8) is 0 Å². The predicted octanol–water partition coefficient (Wildman–Crippen LogP) is 5.29. The molecule has 0 bridgehead atoms. The third kappa shape index (κ3) is 8.19. The monoisotopic (exact) mass is 464 g/mol. The van der Waals surface area contributed by atoms with Gasteiger partial charge < -0.3 is 10.2 Å². The summed E-state index contributed by atoms with van der Waals surface area (Å²) >= 11 is 7.33. The highest BCUT2D eigenvalue weighted by Gasteiger charge is 2.28. The molecule has 2 aromatic rings. The van der Waals surface area contributed by atoms with E-state index < -0.39 is 6.04 Å². The van der Waals surface area contributed by atoms with Crippen LogP contribution in [0.1, 0.15) is 38.3 Å². The van der Waals surface area contributed by atoms with Gasteiger partial charge in [-0.05, 0) is 41.7 Å². The van der Waals surface area contributed by atoms with Crippen LogP contribution < -0.4 is 5.32 Å². The van der Waals surface area contributed by atoms with Gasteiger partial charge in [0.2, 0.25) is 11.8 Å². The summed E-state index contributed by atoms with van der Waals surface area (Å²) in [6.45, 7) is 6.81. The molecule has 0 aromatic heterocycles. The lowest BCUT2D eigenvalue weighted by Crippen LogP contribution is -2.50. The molecule has 31 heavy (non-hydrogen) atoms. The van der Waals surface area contributed by atoms with Gasteiger partial charge in [0.1, 0.15) is 11.9 Å². The predicted molar refractivity (Wildman–Crippen MR) is 126 cm³/mol. The molecular formula is C24H30ClFN2O2S. The van der Waals surface area contributed by atoms with Gasteiger partial charge in [-0.2, -0.15) is 0 Å². The van der Waals surface area contributed by atoms with Crippen molar-refractivity contribution < 1.29 is 14.0 Å². The minimum atomic E-state index is -0.573. The van der Waals surface area contributed by atoms with Crippen LogP contribution in [0.15, 0.2) is 48.5 Å². The van der Waals surface area contributed by atoms with Crippen molar-refractivity contribution in [1.29, 1.82) is 0 Å². The van der Waals surface area contributed by atoms with E-state index in [9.17, 15) is 14.0 Å². The molecule has 1 atom stereocenters. The molecule has 0 unspecified atom stereocenters. The molecule has 2 amide bonds. The quantitative estimate of drug-likeness (QED) is 0.491. The molecule has 0 saturated heterocycles. The van der Waals surface area contributed by atoms with Crippen molar-refractivity contribution in [2.75, 3.05) is 12.3 Å². The third-order valence-corrected chi connectivity index (χ3v) is 6.00. The molecule has 2 rings (SSSR count). The number of amides is 2. The summed E-state index contributed by atoms with van der Waals surface area (Å²) in [5.74, 6) is 0.290. The molecule has 4 nitrogen and oxygen atoms in total. The van der Waals surface area contributed by atoms with Crippen molar-refractivity contribution in [3.05, 3.63) is 70.5 Å². The average Bonchev–Trinajstić information content (AvgIpc) is 2.74. The molecule has 0 spiro atoms. The second-order valence-electron chi connectivity index (χ2n) is 7.80. The molecule has 7 heteroatoms. The zero-order valence-corrected chi connectivity index (χ0v) is 19.8. The van der Waals surface area contributed by atoms with Gasteiger partial charge in [0, 0.05) is 23.9 Å². The summed E-state index contributed by atoms with van der Waals surface area (Å²) in [6.07, 6.45) is 0.501. The Hall–Kier alpha value is -2.05. The number of carbonyl (C=O) groups is 2.